The molecule has 2 aromatic carbocycles. The second-order valence-corrected chi connectivity index (χ2v) is 6.27. The summed E-state index contributed by atoms with van der Waals surface area (Å²) in [5, 5.41) is 3.80. The van der Waals surface area contributed by atoms with Crippen LogP contribution < -0.4 is 11.1 Å². The SMILES string of the molecule is Cc1ccc(C(N)C(=O)NC2CCc3cc(Cl)ccc32)cc1. The molecule has 0 bridgehead atoms. The highest BCUT2D eigenvalue weighted by Gasteiger charge is 2.26. The van der Waals surface area contributed by atoms with E-state index in [1.54, 1.807) is 0 Å². The fourth-order valence-electron chi connectivity index (χ4n) is 2.92. The van der Waals surface area contributed by atoms with Gasteiger partial charge in [-0.25, -0.2) is 0 Å². The van der Waals surface area contributed by atoms with Gasteiger partial charge in [-0.3, -0.25) is 4.79 Å². The van der Waals surface area contributed by atoms with Crippen LogP contribution in [-0.2, 0) is 11.2 Å². The smallest absolute Gasteiger partial charge is 0.241 e. The molecule has 3 nitrogen and oxygen atoms in total. The molecule has 3 rings (SSSR count). The van der Waals surface area contributed by atoms with Crippen LogP contribution in [0.4, 0.5) is 0 Å². The van der Waals surface area contributed by atoms with Gasteiger partial charge in [0.05, 0.1) is 6.04 Å². The molecule has 1 aliphatic carbocycles. The van der Waals surface area contributed by atoms with Gasteiger partial charge in [0.25, 0.3) is 0 Å². The molecule has 4 heteroatoms. The molecule has 1 amide bonds. The van der Waals surface area contributed by atoms with Gasteiger partial charge >= 0.3 is 0 Å². The molecule has 2 unspecified atom stereocenters. The zero-order chi connectivity index (χ0) is 15.7. The Balaban J connectivity index is 1.72. The third kappa shape index (κ3) is 3.01. The Hall–Kier alpha value is -1.84. The topological polar surface area (TPSA) is 55.1 Å². The Labute approximate surface area is 135 Å². The monoisotopic (exact) mass is 314 g/mol. The van der Waals surface area contributed by atoms with Crippen molar-refractivity contribution >= 4 is 17.5 Å². The lowest BCUT2D eigenvalue weighted by Crippen LogP contribution is -2.36. The summed E-state index contributed by atoms with van der Waals surface area (Å²) in [6.07, 6.45) is 1.82. The van der Waals surface area contributed by atoms with E-state index in [0.29, 0.717) is 0 Å². The summed E-state index contributed by atoms with van der Waals surface area (Å²) in [7, 11) is 0. The summed E-state index contributed by atoms with van der Waals surface area (Å²) >= 11 is 6.01. The fraction of sp³-hybridized carbons (Fsp3) is 0.278. The third-order valence-corrected chi connectivity index (χ3v) is 4.45. The molecule has 22 heavy (non-hydrogen) atoms. The molecule has 3 N–H and O–H groups in total. The second-order valence-electron chi connectivity index (χ2n) is 5.83. The van der Waals surface area contributed by atoms with Crippen molar-refractivity contribution in [3.8, 4) is 0 Å². The molecule has 0 aliphatic heterocycles. The maximum atomic E-state index is 12.4. The van der Waals surface area contributed by atoms with Crippen LogP contribution in [0.15, 0.2) is 42.5 Å². The molecule has 0 saturated carbocycles. The summed E-state index contributed by atoms with van der Waals surface area (Å²) in [5.41, 5.74) is 10.4. The molecular weight excluding hydrogens is 296 g/mol. The van der Waals surface area contributed by atoms with E-state index in [1.165, 1.54) is 5.56 Å². The highest BCUT2D eigenvalue weighted by molar-refractivity contribution is 6.30. The first kappa shape index (κ1) is 15.1. The van der Waals surface area contributed by atoms with E-state index < -0.39 is 6.04 Å². The molecule has 0 heterocycles. The zero-order valence-corrected chi connectivity index (χ0v) is 13.2. The zero-order valence-electron chi connectivity index (χ0n) is 12.5. The first-order valence-electron chi connectivity index (χ1n) is 7.45. The van der Waals surface area contributed by atoms with Gasteiger partial charge in [-0.05, 0) is 48.6 Å². The Morgan fingerprint density at radius 3 is 2.73 bits per heavy atom. The quantitative estimate of drug-likeness (QED) is 0.911. The lowest BCUT2D eigenvalue weighted by atomic mass is 10.0. The van der Waals surface area contributed by atoms with Gasteiger partial charge in [0, 0.05) is 5.02 Å². The summed E-state index contributed by atoms with van der Waals surface area (Å²) in [6.45, 7) is 2.01. The Bertz CT molecular complexity index is 697. The minimum atomic E-state index is -0.642. The van der Waals surface area contributed by atoms with E-state index in [0.717, 1.165) is 34.6 Å². The summed E-state index contributed by atoms with van der Waals surface area (Å²) in [5.74, 6) is -0.142. The number of hydrogen-bond donors (Lipinski definition) is 2. The number of carbonyl (C=O) groups excluding carboxylic acids is 1. The maximum absolute atomic E-state index is 12.4. The van der Waals surface area contributed by atoms with Crippen LogP contribution in [0.2, 0.25) is 5.02 Å². The van der Waals surface area contributed by atoms with E-state index in [-0.39, 0.29) is 11.9 Å². The predicted molar refractivity (Wildman–Crippen MR) is 88.8 cm³/mol. The van der Waals surface area contributed by atoms with Crippen LogP contribution in [0.1, 0.15) is 40.8 Å². The van der Waals surface area contributed by atoms with Crippen molar-refractivity contribution in [1.82, 2.24) is 5.32 Å². The highest BCUT2D eigenvalue weighted by Crippen LogP contribution is 2.33. The predicted octanol–water partition coefficient (Wildman–Crippen LogP) is 3.45. The van der Waals surface area contributed by atoms with Crippen molar-refractivity contribution in [1.29, 1.82) is 0 Å². The lowest BCUT2D eigenvalue weighted by molar-refractivity contribution is -0.123. The van der Waals surface area contributed by atoms with Crippen molar-refractivity contribution in [2.75, 3.05) is 0 Å². The molecule has 0 saturated heterocycles. The van der Waals surface area contributed by atoms with E-state index in [2.05, 4.69) is 5.32 Å². The van der Waals surface area contributed by atoms with Gasteiger partial charge in [0.15, 0.2) is 0 Å². The largest absolute Gasteiger partial charge is 0.348 e. The fourth-order valence-corrected chi connectivity index (χ4v) is 3.12. The van der Waals surface area contributed by atoms with Crippen molar-refractivity contribution < 1.29 is 4.79 Å². The number of nitrogens with two attached hydrogens (primary N) is 1. The number of rotatable bonds is 3. The number of fused-ring (bicyclic) bond motifs is 1. The normalized spacial score (nSPS) is 17.9. The first-order valence-corrected chi connectivity index (χ1v) is 7.83. The van der Waals surface area contributed by atoms with E-state index in [9.17, 15) is 4.79 Å². The van der Waals surface area contributed by atoms with Crippen molar-refractivity contribution in [2.45, 2.75) is 31.8 Å². The molecule has 2 atom stereocenters. The van der Waals surface area contributed by atoms with Gasteiger partial charge in [-0.15, -0.1) is 0 Å². The molecular formula is C18H19ClN2O. The van der Waals surface area contributed by atoms with Gasteiger partial charge in [-0.1, -0.05) is 47.5 Å². The average Bonchev–Trinajstić information content (AvgIpc) is 2.89. The second kappa shape index (κ2) is 6.11. The van der Waals surface area contributed by atoms with E-state index >= 15 is 0 Å². The van der Waals surface area contributed by atoms with Crippen molar-refractivity contribution in [3.63, 3.8) is 0 Å². The molecule has 0 radical (unpaired) electrons. The Morgan fingerprint density at radius 1 is 1.27 bits per heavy atom. The molecule has 1 aliphatic rings. The van der Waals surface area contributed by atoms with Gasteiger partial charge in [0.1, 0.15) is 6.04 Å². The maximum Gasteiger partial charge on any atom is 0.241 e. The number of nitrogens with one attached hydrogen (secondary N) is 1. The number of halogens is 1. The van der Waals surface area contributed by atoms with Gasteiger partial charge < -0.3 is 11.1 Å². The van der Waals surface area contributed by atoms with Gasteiger partial charge in [0.2, 0.25) is 5.91 Å². The molecule has 0 aromatic heterocycles. The van der Waals surface area contributed by atoms with Crippen molar-refractivity contribution in [2.24, 2.45) is 5.73 Å². The van der Waals surface area contributed by atoms with Crippen LogP contribution in [-0.4, -0.2) is 5.91 Å². The molecule has 0 spiro atoms. The van der Waals surface area contributed by atoms with Crippen LogP contribution in [0.3, 0.4) is 0 Å². The summed E-state index contributed by atoms with van der Waals surface area (Å²) < 4.78 is 0. The van der Waals surface area contributed by atoms with Gasteiger partial charge in [-0.2, -0.15) is 0 Å². The summed E-state index contributed by atoms with van der Waals surface area (Å²) in [6, 6.07) is 13.0. The van der Waals surface area contributed by atoms with Crippen LogP contribution in [0, 0.1) is 6.92 Å². The van der Waals surface area contributed by atoms with Crippen molar-refractivity contribution in [3.05, 3.63) is 69.7 Å². The average molecular weight is 315 g/mol. The minimum absolute atomic E-state index is 0.0243. The van der Waals surface area contributed by atoms with Crippen LogP contribution in [0.25, 0.3) is 0 Å². The number of carbonyl (C=O) groups is 1. The standard InChI is InChI=1S/C18H19ClN2O/c1-11-2-4-12(5-3-11)17(20)18(22)21-16-9-6-13-10-14(19)7-8-15(13)16/h2-5,7-8,10,16-17H,6,9,20H2,1H3,(H,21,22). The van der Waals surface area contributed by atoms with Crippen LogP contribution >= 0.6 is 11.6 Å². The van der Waals surface area contributed by atoms with Crippen LogP contribution in [0.5, 0.6) is 0 Å². The number of benzene rings is 2. The number of hydrogen-bond acceptors (Lipinski definition) is 2. The highest BCUT2D eigenvalue weighted by atomic mass is 35.5. The lowest BCUT2D eigenvalue weighted by Gasteiger charge is -2.18. The first-order chi connectivity index (χ1) is 10.5. The number of amides is 1. The van der Waals surface area contributed by atoms with E-state index in [4.69, 9.17) is 17.3 Å². The molecule has 0 fully saturated rings. The third-order valence-electron chi connectivity index (χ3n) is 4.22. The van der Waals surface area contributed by atoms with E-state index in [1.807, 2.05) is 49.4 Å². The Kier molecular flexibility index (Phi) is 4.19. The molecule has 2 aromatic rings. The minimum Gasteiger partial charge on any atom is -0.348 e. The molecule has 114 valence electrons. The Morgan fingerprint density at radius 2 is 2.00 bits per heavy atom. The number of aryl methyl sites for hydroxylation is 2. The summed E-state index contributed by atoms with van der Waals surface area (Å²) in [4.78, 5) is 12.4.